The number of carbonyl (C=O) groups excluding carboxylic acids is 2. The molecule has 1 rings (SSSR count). The first-order valence-corrected chi connectivity index (χ1v) is 5.87. The van der Waals surface area contributed by atoms with Crippen molar-refractivity contribution in [2.45, 2.75) is 32.7 Å². The number of hydrogen-bond donors (Lipinski definition) is 3. The van der Waals surface area contributed by atoms with Crippen LogP contribution in [-0.2, 0) is 9.59 Å². The number of carbonyl (C=O) groups is 2. The first-order valence-electron chi connectivity index (χ1n) is 5.87. The Kier molecular flexibility index (Phi) is 7.91. The van der Waals surface area contributed by atoms with Gasteiger partial charge in [-0.1, -0.05) is 0 Å². The number of rotatable bonds is 4. The van der Waals surface area contributed by atoms with Crippen LogP contribution in [0, 0.1) is 5.92 Å². The van der Waals surface area contributed by atoms with E-state index in [0.29, 0.717) is 0 Å². The standard InChI is InChI=1S/C11H21N3O2.ClH/c1-8(2)14-10(15)7-13-11(16)9-4-3-5-12-6-9;/h8-9,12H,3-7H2,1-2H3,(H,13,16)(H,14,15);1H/t9-;/m1./s1. The fourth-order valence-electron chi connectivity index (χ4n) is 1.76. The number of nitrogens with one attached hydrogen (secondary N) is 3. The molecule has 1 aliphatic rings. The van der Waals surface area contributed by atoms with Crippen molar-refractivity contribution in [3.63, 3.8) is 0 Å². The Balaban J connectivity index is 0.00000256. The monoisotopic (exact) mass is 263 g/mol. The second-order valence-corrected chi connectivity index (χ2v) is 4.48. The summed E-state index contributed by atoms with van der Waals surface area (Å²) in [6, 6.07) is 0.112. The lowest BCUT2D eigenvalue weighted by atomic mass is 9.99. The van der Waals surface area contributed by atoms with Gasteiger partial charge in [0.25, 0.3) is 0 Å². The Morgan fingerprint density at radius 3 is 2.65 bits per heavy atom. The van der Waals surface area contributed by atoms with Gasteiger partial charge in [0.2, 0.25) is 11.8 Å². The Morgan fingerprint density at radius 1 is 1.41 bits per heavy atom. The summed E-state index contributed by atoms with van der Waals surface area (Å²) in [5.41, 5.74) is 0. The van der Waals surface area contributed by atoms with E-state index in [4.69, 9.17) is 0 Å². The lowest BCUT2D eigenvalue weighted by molar-refractivity contribution is -0.129. The summed E-state index contributed by atoms with van der Waals surface area (Å²) in [7, 11) is 0. The van der Waals surface area contributed by atoms with Gasteiger partial charge in [0.05, 0.1) is 12.5 Å². The highest BCUT2D eigenvalue weighted by molar-refractivity contribution is 5.86. The lowest BCUT2D eigenvalue weighted by Crippen LogP contribution is -2.45. The Morgan fingerprint density at radius 2 is 2.12 bits per heavy atom. The van der Waals surface area contributed by atoms with Gasteiger partial charge >= 0.3 is 0 Å². The van der Waals surface area contributed by atoms with Crippen LogP contribution in [-0.4, -0.2) is 37.5 Å². The molecule has 1 heterocycles. The molecule has 100 valence electrons. The highest BCUT2D eigenvalue weighted by atomic mass is 35.5. The minimum atomic E-state index is -0.132. The molecule has 1 fully saturated rings. The number of piperidine rings is 1. The largest absolute Gasteiger partial charge is 0.352 e. The number of amides is 2. The summed E-state index contributed by atoms with van der Waals surface area (Å²) in [6.45, 7) is 5.57. The van der Waals surface area contributed by atoms with Crippen LogP contribution in [0.1, 0.15) is 26.7 Å². The highest BCUT2D eigenvalue weighted by Crippen LogP contribution is 2.09. The van der Waals surface area contributed by atoms with E-state index in [-0.39, 0.29) is 42.7 Å². The van der Waals surface area contributed by atoms with Gasteiger partial charge in [-0.05, 0) is 33.2 Å². The average Bonchev–Trinajstić information content (AvgIpc) is 2.26. The van der Waals surface area contributed by atoms with Crippen molar-refractivity contribution in [2.24, 2.45) is 5.92 Å². The quantitative estimate of drug-likeness (QED) is 0.671. The molecule has 5 nitrogen and oxygen atoms in total. The average molecular weight is 264 g/mol. The number of hydrogen-bond acceptors (Lipinski definition) is 3. The lowest BCUT2D eigenvalue weighted by Gasteiger charge is -2.21. The molecule has 0 saturated carbocycles. The fourth-order valence-corrected chi connectivity index (χ4v) is 1.76. The molecule has 1 atom stereocenters. The van der Waals surface area contributed by atoms with Crippen LogP contribution in [0.4, 0.5) is 0 Å². The third-order valence-corrected chi connectivity index (χ3v) is 2.54. The van der Waals surface area contributed by atoms with Crippen LogP contribution in [0.15, 0.2) is 0 Å². The van der Waals surface area contributed by atoms with Crippen molar-refractivity contribution in [3.05, 3.63) is 0 Å². The van der Waals surface area contributed by atoms with Gasteiger partial charge in [-0.3, -0.25) is 9.59 Å². The maximum atomic E-state index is 11.7. The second kappa shape index (κ2) is 8.31. The van der Waals surface area contributed by atoms with Gasteiger partial charge in [0, 0.05) is 12.6 Å². The highest BCUT2D eigenvalue weighted by Gasteiger charge is 2.20. The van der Waals surface area contributed by atoms with E-state index in [0.717, 1.165) is 25.9 Å². The molecule has 0 bridgehead atoms. The fraction of sp³-hybridized carbons (Fsp3) is 0.818. The molecule has 17 heavy (non-hydrogen) atoms. The van der Waals surface area contributed by atoms with Crippen molar-refractivity contribution in [1.29, 1.82) is 0 Å². The van der Waals surface area contributed by atoms with Crippen molar-refractivity contribution >= 4 is 24.2 Å². The van der Waals surface area contributed by atoms with Gasteiger partial charge < -0.3 is 16.0 Å². The predicted octanol–water partition coefficient (Wildman–Crippen LogP) is 0.0486. The molecule has 0 unspecified atom stereocenters. The predicted molar refractivity (Wildman–Crippen MR) is 69.1 cm³/mol. The van der Waals surface area contributed by atoms with Crippen molar-refractivity contribution in [1.82, 2.24) is 16.0 Å². The van der Waals surface area contributed by atoms with E-state index in [1.165, 1.54) is 0 Å². The zero-order chi connectivity index (χ0) is 12.0. The van der Waals surface area contributed by atoms with Crippen LogP contribution < -0.4 is 16.0 Å². The molecule has 0 spiro atoms. The Bertz CT molecular complexity index is 253. The second-order valence-electron chi connectivity index (χ2n) is 4.48. The summed E-state index contributed by atoms with van der Waals surface area (Å²) in [5, 5.41) is 8.57. The summed E-state index contributed by atoms with van der Waals surface area (Å²) >= 11 is 0. The SMILES string of the molecule is CC(C)NC(=O)CNC(=O)[C@@H]1CCCNC1.Cl. The topological polar surface area (TPSA) is 70.2 Å². The van der Waals surface area contributed by atoms with E-state index in [9.17, 15) is 9.59 Å². The van der Waals surface area contributed by atoms with E-state index in [2.05, 4.69) is 16.0 Å². The molecular formula is C11H22ClN3O2. The zero-order valence-electron chi connectivity index (χ0n) is 10.4. The van der Waals surface area contributed by atoms with Gasteiger partial charge in [0.15, 0.2) is 0 Å². The Labute approximate surface area is 109 Å². The molecule has 0 aliphatic carbocycles. The maximum Gasteiger partial charge on any atom is 0.239 e. The maximum absolute atomic E-state index is 11.7. The summed E-state index contributed by atoms with van der Waals surface area (Å²) < 4.78 is 0. The first kappa shape index (κ1) is 16.2. The molecule has 1 saturated heterocycles. The van der Waals surface area contributed by atoms with Crippen molar-refractivity contribution in [2.75, 3.05) is 19.6 Å². The Hall–Kier alpha value is -0.810. The molecule has 0 aromatic heterocycles. The van der Waals surface area contributed by atoms with Crippen LogP contribution in [0.25, 0.3) is 0 Å². The summed E-state index contributed by atoms with van der Waals surface area (Å²) in [5.74, 6) is -0.140. The van der Waals surface area contributed by atoms with E-state index >= 15 is 0 Å². The third kappa shape index (κ3) is 6.48. The van der Waals surface area contributed by atoms with Crippen molar-refractivity contribution in [3.8, 4) is 0 Å². The van der Waals surface area contributed by atoms with Crippen LogP contribution >= 0.6 is 12.4 Å². The molecule has 0 radical (unpaired) electrons. The summed E-state index contributed by atoms with van der Waals surface area (Å²) in [4.78, 5) is 23.0. The smallest absolute Gasteiger partial charge is 0.239 e. The first-order chi connectivity index (χ1) is 7.59. The van der Waals surface area contributed by atoms with Gasteiger partial charge in [-0.15, -0.1) is 12.4 Å². The minimum absolute atomic E-state index is 0. The number of halogens is 1. The normalized spacial score (nSPS) is 19.4. The third-order valence-electron chi connectivity index (χ3n) is 2.54. The molecular weight excluding hydrogens is 242 g/mol. The molecule has 1 aliphatic heterocycles. The van der Waals surface area contributed by atoms with E-state index < -0.39 is 0 Å². The van der Waals surface area contributed by atoms with E-state index in [1.807, 2.05) is 13.8 Å². The molecule has 0 aromatic carbocycles. The van der Waals surface area contributed by atoms with Crippen LogP contribution in [0.5, 0.6) is 0 Å². The minimum Gasteiger partial charge on any atom is -0.352 e. The molecule has 0 aromatic rings. The molecule has 2 amide bonds. The van der Waals surface area contributed by atoms with E-state index in [1.54, 1.807) is 0 Å². The van der Waals surface area contributed by atoms with Gasteiger partial charge in [0.1, 0.15) is 0 Å². The molecule has 3 N–H and O–H groups in total. The zero-order valence-corrected chi connectivity index (χ0v) is 11.2. The van der Waals surface area contributed by atoms with Crippen LogP contribution in [0.3, 0.4) is 0 Å². The van der Waals surface area contributed by atoms with Gasteiger partial charge in [-0.2, -0.15) is 0 Å². The van der Waals surface area contributed by atoms with Crippen LogP contribution in [0.2, 0.25) is 0 Å². The molecule has 6 heteroatoms. The van der Waals surface area contributed by atoms with Crippen molar-refractivity contribution < 1.29 is 9.59 Å². The summed E-state index contributed by atoms with van der Waals surface area (Å²) in [6.07, 6.45) is 1.93. The van der Waals surface area contributed by atoms with Gasteiger partial charge in [-0.25, -0.2) is 0 Å².